The van der Waals surface area contributed by atoms with E-state index in [1.807, 2.05) is 30.3 Å². The molecule has 0 bridgehead atoms. The zero-order valence-electron chi connectivity index (χ0n) is 9.38. The first-order chi connectivity index (χ1) is 8.83. The molecule has 4 heteroatoms. The van der Waals surface area contributed by atoms with Crippen LogP contribution in [0.3, 0.4) is 0 Å². The predicted octanol–water partition coefficient (Wildman–Crippen LogP) is 4.06. The Morgan fingerprint density at radius 3 is 2.50 bits per heavy atom. The van der Waals surface area contributed by atoms with E-state index in [9.17, 15) is 0 Å². The number of halogens is 1. The summed E-state index contributed by atoms with van der Waals surface area (Å²) in [6.07, 6.45) is 1.59. The molecule has 3 aromatic rings. The van der Waals surface area contributed by atoms with Crippen LogP contribution in [0.4, 0.5) is 0 Å². The summed E-state index contributed by atoms with van der Waals surface area (Å²) in [7, 11) is 0. The molecule has 0 unspecified atom stereocenters. The van der Waals surface area contributed by atoms with Crippen molar-refractivity contribution in [2.75, 3.05) is 0 Å². The van der Waals surface area contributed by atoms with Crippen LogP contribution in [-0.2, 0) is 0 Å². The lowest BCUT2D eigenvalue weighted by Crippen LogP contribution is -1.91. The smallest absolute Gasteiger partial charge is 0.197 e. The summed E-state index contributed by atoms with van der Waals surface area (Å²) >= 11 is 6.02. The molecule has 2 heterocycles. The SMILES string of the molecule is Clc1cc(-c2ccccc2)nc(-c2ccco2)n1. The lowest BCUT2D eigenvalue weighted by molar-refractivity contribution is 0.577. The normalized spacial score (nSPS) is 10.5. The average Bonchev–Trinajstić information content (AvgIpc) is 2.93. The highest BCUT2D eigenvalue weighted by atomic mass is 35.5. The van der Waals surface area contributed by atoms with Gasteiger partial charge in [0.05, 0.1) is 12.0 Å². The van der Waals surface area contributed by atoms with Crippen LogP contribution in [0.25, 0.3) is 22.8 Å². The number of furan rings is 1. The third-order valence-electron chi connectivity index (χ3n) is 2.51. The van der Waals surface area contributed by atoms with Crippen molar-refractivity contribution in [2.45, 2.75) is 0 Å². The maximum Gasteiger partial charge on any atom is 0.197 e. The van der Waals surface area contributed by atoms with E-state index in [0.717, 1.165) is 11.3 Å². The Kier molecular flexibility index (Phi) is 2.82. The van der Waals surface area contributed by atoms with Crippen LogP contribution in [0, 0.1) is 0 Å². The zero-order valence-corrected chi connectivity index (χ0v) is 10.1. The molecule has 2 aromatic heterocycles. The molecule has 0 aliphatic heterocycles. The first kappa shape index (κ1) is 11.0. The van der Waals surface area contributed by atoms with E-state index in [1.54, 1.807) is 24.5 Å². The van der Waals surface area contributed by atoms with E-state index < -0.39 is 0 Å². The molecule has 0 amide bonds. The maximum absolute atomic E-state index is 6.02. The topological polar surface area (TPSA) is 38.9 Å². The summed E-state index contributed by atoms with van der Waals surface area (Å²) in [6, 6.07) is 15.2. The molecule has 18 heavy (non-hydrogen) atoms. The fourth-order valence-electron chi connectivity index (χ4n) is 1.69. The van der Waals surface area contributed by atoms with Crippen molar-refractivity contribution in [3.63, 3.8) is 0 Å². The number of nitrogens with zero attached hydrogens (tertiary/aromatic N) is 2. The van der Waals surface area contributed by atoms with Gasteiger partial charge < -0.3 is 4.42 Å². The summed E-state index contributed by atoms with van der Waals surface area (Å²) in [5.74, 6) is 1.10. The van der Waals surface area contributed by atoms with Crippen molar-refractivity contribution in [3.05, 3.63) is 59.9 Å². The van der Waals surface area contributed by atoms with E-state index in [4.69, 9.17) is 16.0 Å². The van der Waals surface area contributed by atoms with Crippen molar-refractivity contribution in [1.29, 1.82) is 0 Å². The first-order valence-corrected chi connectivity index (χ1v) is 5.84. The van der Waals surface area contributed by atoms with Crippen LogP contribution in [-0.4, -0.2) is 9.97 Å². The summed E-state index contributed by atoms with van der Waals surface area (Å²) in [6.45, 7) is 0. The highest BCUT2D eigenvalue weighted by molar-refractivity contribution is 6.29. The Hall–Kier alpha value is -2.13. The van der Waals surface area contributed by atoms with Crippen LogP contribution >= 0.6 is 11.6 Å². The molecular weight excluding hydrogens is 248 g/mol. The van der Waals surface area contributed by atoms with E-state index in [0.29, 0.717) is 16.7 Å². The van der Waals surface area contributed by atoms with Gasteiger partial charge in [0.15, 0.2) is 11.6 Å². The van der Waals surface area contributed by atoms with Crippen LogP contribution in [0.1, 0.15) is 0 Å². The second-order valence-corrected chi connectivity index (χ2v) is 4.13. The molecule has 0 radical (unpaired) electrons. The Bertz CT molecular complexity index is 651. The van der Waals surface area contributed by atoms with Gasteiger partial charge in [0.1, 0.15) is 5.15 Å². The monoisotopic (exact) mass is 256 g/mol. The second-order valence-electron chi connectivity index (χ2n) is 3.74. The van der Waals surface area contributed by atoms with E-state index in [2.05, 4.69) is 9.97 Å². The Labute approximate surface area is 109 Å². The van der Waals surface area contributed by atoms with Gasteiger partial charge in [-0.15, -0.1) is 0 Å². The summed E-state index contributed by atoms with van der Waals surface area (Å²) in [5.41, 5.74) is 1.77. The van der Waals surface area contributed by atoms with Gasteiger partial charge in [0, 0.05) is 11.6 Å². The van der Waals surface area contributed by atoms with Crippen molar-refractivity contribution < 1.29 is 4.42 Å². The van der Waals surface area contributed by atoms with E-state index in [-0.39, 0.29) is 0 Å². The maximum atomic E-state index is 6.02. The number of hydrogen-bond acceptors (Lipinski definition) is 3. The minimum atomic E-state index is 0.398. The molecular formula is C14H9ClN2O. The summed E-state index contributed by atoms with van der Waals surface area (Å²) < 4.78 is 5.28. The Balaban J connectivity index is 2.12. The van der Waals surface area contributed by atoms with Gasteiger partial charge in [0.25, 0.3) is 0 Å². The minimum Gasteiger partial charge on any atom is -0.461 e. The quantitative estimate of drug-likeness (QED) is 0.649. The van der Waals surface area contributed by atoms with Crippen LogP contribution < -0.4 is 0 Å². The zero-order chi connectivity index (χ0) is 12.4. The fraction of sp³-hybridized carbons (Fsp3) is 0. The molecule has 0 saturated carbocycles. The average molecular weight is 257 g/mol. The van der Waals surface area contributed by atoms with Crippen LogP contribution in [0.5, 0.6) is 0 Å². The molecule has 3 nitrogen and oxygen atoms in total. The third kappa shape index (κ3) is 2.13. The molecule has 0 aliphatic carbocycles. The van der Waals surface area contributed by atoms with Crippen LogP contribution in [0.2, 0.25) is 5.15 Å². The number of benzene rings is 1. The van der Waals surface area contributed by atoms with Crippen molar-refractivity contribution in [3.8, 4) is 22.8 Å². The second kappa shape index (κ2) is 4.63. The van der Waals surface area contributed by atoms with Crippen molar-refractivity contribution in [1.82, 2.24) is 9.97 Å². The number of rotatable bonds is 2. The molecule has 1 aromatic carbocycles. The number of aromatic nitrogens is 2. The molecule has 0 saturated heterocycles. The van der Waals surface area contributed by atoms with Gasteiger partial charge in [-0.05, 0) is 12.1 Å². The Morgan fingerprint density at radius 2 is 1.78 bits per heavy atom. The van der Waals surface area contributed by atoms with Crippen molar-refractivity contribution >= 4 is 11.6 Å². The lowest BCUT2D eigenvalue weighted by Gasteiger charge is -2.03. The minimum absolute atomic E-state index is 0.398. The molecule has 3 rings (SSSR count). The third-order valence-corrected chi connectivity index (χ3v) is 2.70. The molecule has 88 valence electrons. The first-order valence-electron chi connectivity index (χ1n) is 5.47. The highest BCUT2D eigenvalue weighted by Gasteiger charge is 2.09. The predicted molar refractivity (Wildman–Crippen MR) is 70.2 cm³/mol. The molecule has 0 atom stereocenters. The molecule has 0 fully saturated rings. The highest BCUT2D eigenvalue weighted by Crippen LogP contribution is 2.24. The van der Waals surface area contributed by atoms with Gasteiger partial charge in [-0.3, -0.25) is 0 Å². The molecule has 0 N–H and O–H groups in total. The summed E-state index contributed by atoms with van der Waals surface area (Å²) in [5, 5.41) is 0.398. The van der Waals surface area contributed by atoms with Crippen LogP contribution in [0.15, 0.2) is 59.2 Å². The largest absolute Gasteiger partial charge is 0.461 e. The number of hydrogen-bond donors (Lipinski definition) is 0. The van der Waals surface area contributed by atoms with Gasteiger partial charge in [-0.25, -0.2) is 9.97 Å². The van der Waals surface area contributed by atoms with Gasteiger partial charge in [-0.1, -0.05) is 41.9 Å². The fourth-order valence-corrected chi connectivity index (χ4v) is 1.87. The molecule has 0 aliphatic rings. The molecule has 0 spiro atoms. The van der Waals surface area contributed by atoms with E-state index >= 15 is 0 Å². The standard InChI is InChI=1S/C14H9ClN2O/c15-13-9-11(10-5-2-1-3-6-10)16-14(17-13)12-7-4-8-18-12/h1-9H. The van der Waals surface area contributed by atoms with E-state index in [1.165, 1.54) is 0 Å². The summed E-state index contributed by atoms with van der Waals surface area (Å²) in [4.78, 5) is 8.62. The lowest BCUT2D eigenvalue weighted by atomic mass is 10.1. The Morgan fingerprint density at radius 1 is 0.944 bits per heavy atom. The van der Waals surface area contributed by atoms with Crippen molar-refractivity contribution in [2.24, 2.45) is 0 Å². The van der Waals surface area contributed by atoms with Gasteiger partial charge >= 0.3 is 0 Å². The van der Waals surface area contributed by atoms with Gasteiger partial charge in [-0.2, -0.15) is 0 Å². The van der Waals surface area contributed by atoms with Gasteiger partial charge in [0.2, 0.25) is 0 Å².